The number of amides is 1. The van der Waals surface area contributed by atoms with E-state index >= 15 is 0 Å². The highest BCUT2D eigenvalue weighted by Crippen LogP contribution is 2.13. The Morgan fingerprint density at radius 3 is 3.00 bits per heavy atom. The summed E-state index contributed by atoms with van der Waals surface area (Å²) < 4.78 is 0. The van der Waals surface area contributed by atoms with E-state index in [-0.39, 0.29) is 0 Å². The molecule has 0 bridgehead atoms. The summed E-state index contributed by atoms with van der Waals surface area (Å²) in [6.07, 6.45) is 1.63. The van der Waals surface area contributed by atoms with Gasteiger partial charge in [-0.25, -0.2) is 0 Å². The van der Waals surface area contributed by atoms with Gasteiger partial charge in [-0.15, -0.1) is 11.3 Å². The van der Waals surface area contributed by atoms with Gasteiger partial charge in [0.1, 0.15) is 0 Å². The van der Waals surface area contributed by atoms with E-state index in [9.17, 15) is 4.79 Å². The fourth-order valence-corrected chi connectivity index (χ4v) is 1.53. The number of carbonyl (C=O) groups excluding carboxylic acids is 1. The molecule has 0 aromatic carbocycles. The van der Waals surface area contributed by atoms with Crippen molar-refractivity contribution in [2.75, 3.05) is 0 Å². The molecule has 1 amide bonds. The Bertz CT molecular complexity index is 219. The predicted octanol–water partition coefficient (Wildman–Crippen LogP) is 1.21. The molecule has 0 saturated heterocycles. The van der Waals surface area contributed by atoms with Crippen LogP contribution in [0.3, 0.4) is 0 Å². The Balaban J connectivity index is 2.49. The van der Waals surface area contributed by atoms with Gasteiger partial charge in [0.15, 0.2) is 0 Å². The van der Waals surface area contributed by atoms with Crippen molar-refractivity contribution in [2.45, 2.75) is 13.5 Å². The molecule has 0 atom stereocenters. The first-order valence-corrected chi connectivity index (χ1v) is 3.80. The first-order valence-electron chi connectivity index (χ1n) is 2.98. The van der Waals surface area contributed by atoms with Crippen LogP contribution in [0.15, 0.2) is 12.1 Å². The van der Waals surface area contributed by atoms with Gasteiger partial charge in [0.05, 0.1) is 6.54 Å². The molecule has 3 heteroatoms. The summed E-state index contributed by atoms with van der Waals surface area (Å²) in [6.45, 7) is 2.64. The van der Waals surface area contributed by atoms with E-state index in [0.717, 1.165) is 0 Å². The van der Waals surface area contributed by atoms with E-state index in [1.807, 2.05) is 19.1 Å². The number of nitrogens with one attached hydrogen (secondary N) is 1. The van der Waals surface area contributed by atoms with Gasteiger partial charge in [-0.05, 0) is 19.1 Å². The minimum atomic E-state index is 0.599. The number of thiophene rings is 1. The molecule has 0 aliphatic rings. The van der Waals surface area contributed by atoms with E-state index in [4.69, 9.17) is 0 Å². The molecule has 1 N–H and O–H groups in total. The van der Waals surface area contributed by atoms with Crippen LogP contribution in [0.2, 0.25) is 0 Å². The summed E-state index contributed by atoms with van der Waals surface area (Å²) in [5, 5.41) is 2.48. The van der Waals surface area contributed by atoms with Gasteiger partial charge in [0, 0.05) is 9.75 Å². The Morgan fingerprint density at radius 1 is 1.70 bits per heavy atom. The van der Waals surface area contributed by atoms with Gasteiger partial charge < -0.3 is 5.32 Å². The van der Waals surface area contributed by atoms with Crippen LogP contribution < -0.4 is 5.32 Å². The standard InChI is InChI=1S/C7H8NOS/c1-6-2-3-7(10-6)4-8-5-9/h2-3H,4H2,1H3,(H,8,9). The van der Waals surface area contributed by atoms with Crippen molar-refractivity contribution in [3.05, 3.63) is 21.9 Å². The van der Waals surface area contributed by atoms with Gasteiger partial charge in [-0.3, -0.25) is 4.79 Å². The highest BCUT2D eigenvalue weighted by atomic mass is 32.1. The SMILES string of the molecule is Cc1ccc(CN[C]=O)s1. The topological polar surface area (TPSA) is 29.1 Å². The van der Waals surface area contributed by atoms with Crippen LogP contribution in [-0.4, -0.2) is 6.41 Å². The van der Waals surface area contributed by atoms with Gasteiger partial charge in [-0.1, -0.05) is 0 Å². The maximum Gasteiger partial charge on any atom is 0.309 e. The summed E-state index contributed by atoms with van der Waals surface area (Å²) in [7, 11) is 0. The third-order valence-corrected chi connectivity index (χ3v) is 2.13. The lowest BCUT2D eigenvalue weighted by atomic mass is 10.4. The Kier molecular flexibility index (Phi) is 2.45. The molecular formula is C7H8NOS. The average molecular weight is 154 g/mol. The molecule has 0 aliphatic carbocycles. The summed E-state index contributed by atoms with van der Waals surface area (Å²) in [5.41, 5.74) is 0. The molecule has 2 nitrogen and oxygen atoms in total. The number of hydrogen-bond acceptors (Lipinski definition) is 2. The average Bonchev–Trinajstić information content (AvgIpc) is 2.31. The zero-order valence-corrected chi connectivity index (χ0v) is 6.49. The van der Waals surface area contributed by atoms with Crippen LogP contribution in [0.5, 0.6) is 0 Å². The number of rotatable bonds is 3. The van der Waals surface area contributed by atoms with Crippen LogP contribution in [0.25, 0.3) is 0 Å². The van der Waals surface area contributed by atoms with E-state index in [1.54, 1.807) is 17.7 Å². The van der Waals surface area contributed by atoms with Crippen LogP contribution >= 0.6 is 11.3 Å². The van der Waals surface area contributed by atoms with Crippen LogP contribution in [0.1, 0.15) is 9.75 Å². The molecule has 1 rings (SSSR count). The second kappa shape index (κ2) is 3.37. The summed E-state index contributed by atoms with van der Waals surface area (Å²) >= 11 is 1.69. The monoisotopic (exact) mass is 154 g/mol. The highest BCUT2D eigenvalue weighted by Gasteiger charge is 1.93. The molecule has 0 spiro atoms. The molecule has 53 valence electrons. The third kappa shape index (κ3) is 1.84. The van der Waals surface area contributed by atoms with Crippen molar-refractivity contribution in [3.63, 3.8) is 0 Å². The second-order valence-electron chi connectivity index (χ2n) is 1.97. The fraction of sp³-hybridized carbons (Fsp3) is 0.286. The smallest absolute Gasteiger partial charge is 0.309 e. The number of aryl methyl sites for hydroxylation is 1. The predicted molar refractivity (Wildman–Crippen MR) is 41.6 cm³/mol. The number of hydrogen-bond donors (Lipinski definition) is 1. The molecule has 0 fully saturated rings. The van der Waals surface area contributed by atoms with E-state index in [2.05, 4.69) is 5.32 Å². The van der Waals surface area contributed by atoms with E-state index in [0.29, 0.717) is 6.54 Å². The van der Waals surface area contributed by atoms with Crippen molar-refractivity contribution in [1.29, 1.82) is 0 Å². The van der Waals surface area contributed by atoms with Gasteiger partial charge in [0.25, 0.3) is 0 Å². The minimum Gasteiger partial charge on any atom is -0.343 e. The fourth-order valence-electron chi connectivity index (χ4n) is 0.703. The van der Waals surface area contributed by atoms with Gasteiger partial charge >= 0.3 is 6.41 Å². The van der Waals surface area contributed by atoms with Crippen molar-refractivity contribution in [3.8, 4) is 0 Å². The summed E-state index contributed by atoms with van der Waals surface area (Å²) in [4.78, 5) is 12.2. The molecule has 0 saturated carbocycles. The lowest BCUT2D eigenvalue weighted by Crippen LogP contribution is -2.07. The molecule has 1 heterocycles. The zero-order valence-electron chi connectivity index (χ0n) is 5.68. The van der Waals surface area contributed by atoms with Crippen LogP contribution in [0, 0.1) is 6.92 Å². The third-order valence-electron chi connectivity index (χ3n) is 1.13. The zero-order chi connectivity index (χ0) is 7.40. The second-order valence-corrected chi connectivity index (χ2v) is 3.34. The molecule has 1 aromatic heterocycles. The molecule has 1 radical (unpaired) electrons. The lowest BCUT2D eigenvalue weighted by Gasteiger charge is -1.89. The maximum atomic E-state index is 9.75. The van der Waals surface area contributed by atoms with Crippen LogP contribution in [-0.2, 0) is 11.3 Å². The van der Waals surface area contributed by atoms with Gasteiger partial charge in [-0.2, -0.15) is 0 Å². The highest BCUT2D eigenvalue weighted by molar-refractivity contribution is 7.11. The Morgan fingerprint density at radius 2 is 2.50 bits per heavy atom. The Labute approximate surface area is 63.9 Å². The van der Waals surface area contributed by atoms with Crippen molar-refractivity contribution >= 4 is 17.7 Å². The lowest BCUT2D eigenvalue weighted by molar-refractivity contribution is 0.542. The van der Waals surface area contributed by atoms with E-state index < -0.39 is 0 Å². The largest absolute Gasteiger partial charge is 0.343 e. The van der Waals surface area contributed by atoms with E-state index in [1.165, 1.54) is 9.75 Å². The van der Waals surface area contributed by atoms with Gasteiger partial charge in [0.2, 0.25) is 0 Å². The molecule has 10 heavy (non-hydrogen) atoms. The normalized spacial score (nSPS) is 9.30. The van der Waals surface area contributed by atoms with Crippen LogP contribution in [0.4, 0.5) is 0 Å². The first-order chi connectivity index (χ1) is 4.83. The van der Waals surface area contributed by atoms with Crippen molar-refractivity contribution in [2.24, 2.45) is 0 Å². The summed E-state index contributed by atoms with van der Waals surface area (Å²) in [5.74, 6) is 0. The van der Waals surface area contributed by atoms with Crippen molar-refractivity contribution in [1.82, 2.24) is 5.32 Å². The Hall–Kier alpha value is -0.830. The molecule has 0 aliphatic heterocycles. The molecule has 1 aromatic rings. The quantitative estimate of drug-likeness (QED) is 0.651. The molecular weight excluding hydrogens is 146 g/mol. The minimum absolute atomic E-state index is 0.599. The maximum absolute atomic E-state index is 9.75. The molecule has 0 unspecified atom stereocenters. The van der Waals surface area contributed by atoms with Crippen molar-refractivity contribution < 1.29 is 4.79 Å². The summed E-state index contributed by atoms with van der Waals surface area (Å²) in [6, 6.07) is 4.04. The first kappa shape index (κ1) is 7.28.